The number of halogens is 1. The number of rotatable bonds is 6. The number of nitrogens with one attached hydrogen (secondary N) is 1. The van der Waals surface area contributed by atoms with E-state index < -0.39 is 0 Å². The van der Waals surface area contributed by atoms with Crippen LogP contribution in [-0.2, 0) is 9.53 Å². The van der Waals surface area contributed by atoms with Crippen LogP contribution >= 0.6 is 15.9 Å². The topological polar surface area (TPSA) is 47.6 Å². The first-order chi connectivity index (χ1) is 8.17. The Bertz CT molecular complexity index is 382. The minimum absolute atomic E-state index is 0.0808. The number of ether oxygens (including phenoxy) is 2. The summed E-state index contributed by atoms with van der Waals surface area (Å²) in [5.41, 5.74) is 0.711. The first kappa shape index (κ1) is 14.0. The maximum absolute atomic E-state index is 11.5. The van der Waals surface area contributed by atoms with Crippen LogP contribution in [0.2, 0.25) is 0 Å². The Kier molecular flexibility index (Phi) is 6.00. The maximum atomic E-state index is 11.5. The molecule has 5 heteroatoms. The lowest BCUT2D eigenvalue weighted by molar-refractivity contribution is -0.120. The molecule has 1 amide bonds. The number of methoxy groups -OCH3 is 1. The molecule has 0 spiro atoms. The molecule has 4 nitrogen and oxygen atoms in total. The van der Waals surface area contributed by atoms with Crippen molar-refractivity contribution in [2.75, 3.05) is 25.6 Å². The van der Waals surface area contributed by atoms with Gasteiger partial charge in [0.2, 0.25) is 5.91 Å². The van der Waals surface area contributed by atoms with E-state index in [-0.39, 0.29) is 12.5 Å². The summed E-state index contributed by atoms with van der Waals surface area (Å²) < 4.78 is 11.0. The Morgan fingerprint density at radius 2 is 2.24 bits per heavy atom. The van der Waals surface area contributed by atoms with Crippen molar-refractivity contribution in [1.29, 1.82) is 0 Å². The molecule has 0 atom stereocenters. The minimum atomic E-state index is -0.157. The van der Waals surface area contributed by atoms with E-state index in [1.807, 2.05) is 6.92 Å². The van der Waals surface area contributed by atoms with Crippen molar-refractivity contribution in [3.63, 3.8) is 0 Å². The number of benzene rings is 1. The largest absolute Gasteiger partial charge is 0.496 e. The van der Waals surface area contributed by atoms with Gasteiger partial charge in [-0.05, 0) is 40.5 Å². The van der Waals surface area contributed by atoms with Crippen molar-refractivity contribution < 1.29 is 14.3 Å². The summed E-state index contributed by atoms with van der Waals surface area (Å²) >= 11 is 3.35. The summed E-state index contributed by atoms with van der Waals surface area (Å²) in [6.07, 6.45) is 0.904. The van der Waals surface area contributed by atoms with Gasteiger partial charge < -0.3 is 14.8 Å². The van der Waals surface area contributed by atoms with E-state index in [2.05, 4.69) is 21.2 Å². The van der Waals surface area contributed by atoms with E-state index in [1.54, 1.807) is 25.3 Å². The summed E-state index contributed by atoms with van der Waals surface area (Å²) in [5, 5.41) is 2.74. The van der Waals surface area contributed by atoms with Gasteiger partial charge in [0.25, 0.3) is 0 Å². The average molecular weight is 302 g/mol. The van der Waals surface area contributed by atoms with Crippen molar-refractivity contribution in [2.45, 2.75) is 13.3 Å². The molecule has 0 aliphatic rings. The smallest absolute Gasteiger partial charge is 0.250 e. The van der Waals surface area contributed by atoms with Gasteiger partial charge in [-0.2, -0.15) is 0 Å². The molecule has 0 saturated carbocycles. The second-order valence-electron chi connectivity index (χ2n) is 3.45. The van der Waals surface area contributed by atoms with Gasteiger partial charge in [0.05, 0.1) is 11.6 Å². The second kappa shape index (κ2) is 7.29. The van der Waals surface area contributed by atoms with E-state index in [0.29, 0.717) is 12.3 Å². The molecule has 0 aromatic heterocycles. The van der Waals surface area contributed by atoms with Crippen LogP contribution in [0.1, 0.15) is 13.3 Å². The molecule has 0 radical (unpaired) electrons. The Morgan fingerprint density at radius 3 is 2.82 bits per heavy atom. The van der Waals surface area contributed by atoms with Crippen LogP contribution in [0.25, 0.3) is 0 Å². The Labute approximate surface area is 109 Å². The molecule has 1 rings (SSSR count). The van der Waals surface area contributed by atoms with Gasteiger partial charge in [0.15, 0.2) is 0 Å². The fourth-order valence-corrected chi connectivity index (χ4v) is 1.79. The van der Waals surface area contributed by atoms with Gasteiger partial charge in [-0.3, -0.25) is 4.79 Å². The van der Waals surface area contributed by atoms with Crippen LogP contribution in [0.3, 0.4) is 0 Å². The molecule has 0 aliphatic carbocycles. The molecule has 17 heavy (non-hydrogen) atoms. The Balaban J connectivity index is 2.51. The number of carbonyl (C=O) groups excluding carboxylic acids is 1. The van der Waals surface area contributed by atoms with Crippen molar-refractivity contribution in [3.8, 4) is 5.75 Å². The van der Waals surface area contributed by atoms with Crippen LogP contribution in [0.4, 0.5) is 5.69 Å². The van der Waals surface area contributed by atoms with Crippen LogP contribution in [0, 0.1) is 0 Å². The number of hydrogen-bond acceptors (Lipinski definition) is 3. The summed E-state index contributed by atoms with van der Waals surface area (Å²) in [4.78, 5) is 11.5. The highest BCUT2D eigenvalue weighted by molar-refractivity contribution is 9.10. The van der Waals surface area contributed by atoms with Gasteiger partial charge in [-0.15, -0.1) is 0 Å². The number of hydrogen-bond donors (Lipinski definition) is 1. The molecule has 1 aromatic rings. The van der Waals surface area contributed by atoms with E-state index in [0.717, 1.165) is 16.6 Å². The normalized spacial score (nSPS) is 10.1. The quantitative estimate of drug-likeness (QED) is 0.822. The third-order valence-corrected chi connectivity index (χ3v) is 2.64. The molecule has 1 aromatic carbocycles. The van der Waals surface area contributed by atoms with Gasteiger partial charge in [-0.25, -0.2) is 0 Å². The SMILES string of the molecule is CCCOCC(=O)Nc1ccc(OC)c(Br)c1. The molecular formula is C12H16BrNO3. The van der Waals surface area contributed by atoms with Crippen molar-refractivity contribution in [2.24, 2.45) is 0 Å². The molecule has 0 unspecified atom stereocenters. The highest BCUT2D eigenvalue weighted by atomic mass is 79.9. The summed E-state index contributed by atoms with van der Waals surface area (Å²) in [6, 6.07) is 5.35. The molecule has 0 saturated heterocycles. The summed E-state index contributed by atoms with van der Waals surface area (Å²) in [6.45, 7) is 2.68. The van der Waals surface area contributed by atoms with Crippen LogP contribution in [0.5, 0.6) is 5.75 Å². The molecular weight excluding hydrogens is 286 g/mol. The Morgan fingerprint density at radius 1 is 1.47 bits per heavy atom. The molecule has 1 N–H and O–H groups in total. The van der Waals surface area contributed by atoms with Crippen LogP contribution in [-0.4, -0.2) is 26.2 Å². The van der Waals surface area contributed by atoms with E-state index in [4.69, 9.17) is 9.47 Å². The molecule has 94 valence electrons. The fourth-order valence-electron chi connectivity index (χ4n) is 1.25. The predicted octanol–water partition coefficient (Wildman–Crippen LogP) is 2.82. The van der Waals surface area contributed by atoms with E-state index in [9.17, 15) is 4.79 Å². The number of anilines is 1. The average Bonchev–Trinajstić information content (AvgIpc) is 2.29. The van der Waals surface area contributed by atoms with E-state index >= 15 is 0 Å². The summed E-state index contributed by atoms with van der Waals surface area (Å²) in [7, 11) is 1.59. The molecule has 0 fully saturated rings. The zero-order valence-corrected chi connectivity index (χ0v) is 11.5. The zero-order valence-electron chi connectivity index (χ0n) is 9.96. The van der Waals surface area contributed by atoms with Crippen molar-refractivity contribution >= 4 is 27.5 Å². The van der Waals surface area contributed by atoms with Gasteiger partial charge >= 0.3 is 0 Å². The predicted molar refractivity (Wildman–Crippen MR) is 70.4 cm³/mol. The Hall–Kier alpha value is -1.07. The number of carbonyl (C=O) groups is 1. The third-order valence-electron chi connectivity index (χ3n) is 2.02. The summed E-state index contributed by atoms with van der Waals surface area (Å²) in [5.74, 6) is 0.570. The monoisotopic (exact) mass is 301 g/mol. The first-order valence-electron chi connectivity index (χ1n) is 5.38. The van der Waals surface area contributed by atoms with Crippen molar-refractivity contribution in [1.82, 2.24) is 0 Å². The van der Waals surface area contributed by atoms with Crippen LogP contribution in [0.15, 0.2) is 22.7 Å². The highest BCUT2D eigenvalue weighted by Gasteiger charge is 2.05. The lowest BCUT2D eigenvalue weighted by Crippen LogP contribution is -2.18. The van der Waals surface area contributed by atoms with Crippen LogP contribution < -0.4 is 10.1 Å². The molecule has 0 bridgehead atoms. The maximum Gasteiger partial charge on any atom is 0.250 e. The standard InChI is InChI=1S/C12H16BrNO3/c1-3-6-17-8-12(15)14-9-4-5-11(16-2)10(13)7-9/h4-5,7H,3,6,8H2,1-2H3,(H,14,15). The molecule has 0 heterocycles. The molecule has 0 aliphatic heterocycles. The van der Waals surface area contributed by atoms with Gasteiger partial charge in [-0.1, -0.05) is 6.92 Å². The van der Waals surface area contributed by atoms with Gasteiger partial charge in [0.1, 0.15) is 12.4 Å². The minimum Gasteiger partial charge on any atom is -0.496 e. The zero-order chi connectivity index (χ0) is 12.7. The lowest BCUT2D eigenvalue weighted by atomic mass is 10.3. The number of amides is 1. The van der Waals surface area contributed by atoms with Crippen molar-refractivity contribution in [3.05, 3.63) is 22.7 Å². The lowest BCUT2D eigenvalue weighted by Gasteiger charge is -2.08. The first-order valence-corrected chi connectivity index (χ1v) is 6.17. The second-order valence-corrected chi connectivity index (χ2v) is 4.30. The van der Waals surface area contributed by atoms with E-state index in [1.165, 1.54) is 0 Å². The highest BCUT2D eigenvalue weighted by Crippen LogP contribution is 2.27. The van der Waals surface area contributed by atoms with Gasteiger partial charge in [0, 0.05) is 12.3 Å². The fraction of sp³-hybridized carbons (Fsp3) is 0.417. The third kappa shape index (κ3) is 4.75.